The highest BCUT2D eigenvalue weighted by atomic mass is 32.1. The molecular weight excluding hydrogens is 234 g/mol. The SMILES string of the molecule is CCC1(C)Cc2c(sc3ncnc(N)c23)CO1. The molecule has 0 bridgehead atoms. The van der Waals surface area contributed by atoms with Crippen LogP contribution in [0.5, 0.6) is 0 Å². The summed E-state index contributed by atoms with van der Waals surface area (Å²) in [6.45, 7) is 4.97. The molecule has 0 aromatic carbocycles. The summed E-state index contributed by atoms with van der Waals surface area (Å²) in [5.41, 5.74) is 7.18. The summed E-state index contributed by atoms with van der Waals surface area (Å²) < 4.78 is 5.93. The van der Waals surface area contributed by atoms with Crippen LogP contribution >= 0.6 is 11.3 Å². The molecule has 2 aromatic rings. The summed E-state index contributed by atoms with van der Waals surface area (Å²) >= 11 is 1.67. The zero-order chi connectivity index (χ0) is 12.0. The minimum absolute atomic E-state index is 0.0801. The second-order valence-corrected chi connectivity index (χ2v) is 5.80. The van der Waals surface area contributed by atoms with Gasteiger partial charge in [-0.2, -0.15) is 0 Å². The van der Waals surface area contributed by atoms with Crippen LogP contribution in [0.4, 0.5) is 5.82 Å². The first-order valence-corrected chi connectivity index (χ1v) is 6.59. The molecule has 3 heterocycles. The monoisotopic (exact) mass is 249 g/mol. The highest BCUT2D eigenvalue weighted by Gasteiger charge is 2.32. The average molecular weight is 249 g/mol. The van der Waals surface area contributed by atoms with Crippen molar-refractivity contribution in [3.8, 4) is 0 Å². The predicted octanol–water partition coefficient (Wildman–Crippen LogP) is 2.51. The van der Waals surface area contributed by atoms with Crippen LogP contribution in [0.15, 0.2) is 6.33 Å². The fourth-order valence-corrected chi connectivity index (χ4v) is 3.33. The zero-order valence-corrected chi connectivity index (χ0v) is 10.8. The fraction of sp³-hybridized carbons (Fsp3) is 0.500. The maximum Gasteiger partial charge on any atom is 0.135 e. The van der Waals surface area contributed by atoms with E-state index in [1.54, 1.807) is 11.3 Å². The summed E-state index contributed by atoms with van der Waals surface area (Å²) in [6, 6.07) is 0. The Kier molecular flexibility index (Phi) is 2.34. The van der Waals surface area contributed by atoms with E-state index < -0.39 is 0 Å². The Hall–Kier alpha value is -1.20. The fourth-order valence-electron chi connectivity index (χ4n) is 2.26. The first-order chi connectivity index (χ1) is 8.13. The summed E-state index contributed by atoms with van der Waals surface area (Å²) in [5.74, 6) is 0.591. The maximum atomic E-state index is 5.97. The Morgan fingerprint density at radius 1 is 1.53 bits per heavy atom. The number of fused-ring (bicyclic) bond motifs is 3. The third-order valence-corrected chi connectivity index (χ3v) is 4.66. The van der Waals surface area contributed by atoms with E-state index in [0.717, 1.165) is 23.1 Å². The number of hydrogen-bond acceptors (Lipinski definition) is 5. The van der Waals surface area contributed by atoms with Gasteiger partial charge < -0.3 is 10.5 Å². The smallest absolute Gasteiger partial charge is 0.135 e. The molecule has 1 unspecified atom stereocenters. The first-order valence-electron chi connectivity index (χ1n) is 5.77. The standard InChI is InChI=1S/C12H15N3OS/c1-3-12(2)4-7-8(5-16-12)17-11-9(7)10(13)14-6-15-11/h6H,3-5H2,1-2H3,(H2,13,14,15). The number of rotatable bonds is 1. The van der Waals surface area contributed by atoms with Gasteiger partial charge in [0.25, 0.3) is 0 Å². The normalized spacial score (nSPS) is 23.9. The number of nitrogens with two attached hydrogens (primary N) is 1. The van der Waals surface area contributed by atoms with Crippen molar-refractivity contribution in [2.75, 3.05) is 5.73 Å². The molecule has 4 nitrogen and oxygen atoms in total. The first kappa shape index (κ1) is 10.9. The molecule has 0 radical (unpaired) electrons. The Morgan fingerprint density at radius 3 is 3.12 bits per heavy atom. The van der Waals surface area contributed by atoms with Gasteiger partial charge in [-0.15, -0.1) is 11.3 Å². The van der Waals surface area contributed by atoms with Crippen molar-refractivity contribution in [1.82, 2.24) is 9.97 Å². The molecule has 90 valence electrons. The van der Waals surface area contributed by atoms with E-state index in [4.69, 9.17) is 10.5 Å². The number of anilines is 1. The molecule has 3 rings (SSSR count). The molecule has 0 saturated heterocycles. The van der Waals surface area contributed by atoms with Gasteiger partial charge >= 0.3 is 0 Å². The quantitative estimate of drug-likeness (QED) is 0.843. The molecule has 17 heavy (non-hydrogen) atoms. The lowest BCUT2D eigenvalue weighted by molar-refractivity contribution is -0.0542. The Morgan fingerprint density at radius 2 is 2.35 bits per heavy atom. The minimum Gasteiger partial charge on any atom is -0.383 e. The van der Waals surface area contributed by atoms with Gasteiger partial charge in [0.2, 0.25) is 0 Å². The van der Waals surface area contributed by atoms with Crippen molar-refractivity contribution < 1.29 is 4.74 Å². The van der Waals surface area contributed by atoms with E-state index >= 15 is 0 Å². The molecule has 1 aliphatic rings. The Bertz CT molecular complexity index is 580. The van der Waals surface area contributed by atoms with Gasteiger partial charge in [-0.25, -0.2) is 9.97 Å². The summed E-state index contributed by atoms with van der Waals surface area (Å²) in [7, 11) is 0. The number of aromatic nitrogens is 2. The molecule has 2 N–H and O–H groups in total. The molecule has 0 saturated carbocycles. The van der Waals surface area contributed by atoms with E-state index in [9.17, 15) is 0 Å². The molecule has 0 aliphatic carbocycles. The van der Waals surface area contributed by atoms with E-state index in [1.807, 2.05) is 0 Å². The van der Waals surface area contributed by atoms with Crippen molar-refractivity contribution in [3.05, 3.63) is 16.8 Å². The zero-order valence-electron chi connectivity index (χ0n) is 9.99. The summed E-state index contributed by atoms with van der Waals surface area (Å²) in [4.78, 5) is 10.6. The lowest BCUT2D eigenvalue weighted by Crippen LogP contribution is -2.33. The maximum absolute atomic E-state index is 5.97. The Labute approximate surface area is 104 Å². The molecule has 0 amide bonds. The molecule has 1 atom stereocenters. The van der Waals surface area contributed by atoms with Crippen molar-refractivity contribution in [3.63, 3.8) is 0 Å². The van der Waals surface area contributed by atoms with Gasteiger partial charge in [0.1, 0.15) is 17.0 Å². The molecule has 0 fully saturated rings. The van der Waals surface area contributed by atoms with Crippen molar-refractivity contribution in [2.45, 2.75) is 38.9 Å². The largest absolute Gasteiger partial charge is 0.383 e. The molecular formula is C12H15N3OS. The van der Waals surface area contributed by atoms with Crippen LogP contribution in [-0.2, 0) is 17.8 Å². The minimum atomic E-state index is -0.0801. The molecule has 1 aliphatic heterocycles. The Balaban J connectivity index is 2.21. The highest BCUT2D eigenvalue weighted by Crippen LogP contribution is 2.40. The number of nitrogen functional groups attached to an aromatic ring is 1. The highest BCUT2D eigenvalue weighted by molar-refractivity contribution is 7.18. The third kappa shape index (κ3) is 1.61. The van der Waals surface area contributed by atoms with Gasteiger partial charge in [0.05, 0.1) is 17.6 Å². The number of nitrogens with zero attached hydrogens (tertiary/aromatic N) is 2. The van der Waals surface area contributed by atoms with Crippen LogP contribution in [-0.4, -0.2) is 15.6 Å². The van der Waals surface area contributed by atoms with Gasteiger partial charge in [-0.05, 0) is 18.9 Å². The third-order valence-electron chi connectivity index (χ3n) is 3.55. The molecule has 5 heteroatoms. The van der Waals surface area contributed by atoms with Crippen LogP contribution < -0.4 is 5.73 Å². The van der Waals surface area contributed by atoms with E-state index in [2.05, 4.69) is 23.8 Å². The van der Waals surface area contributed by atoms with E-state index in [0.29, 0.717) is 12.4 Å². The van der Waals surface area contributed by atoms with Crippen molar-refractivity contribution >= 4 is 27.4 Å². The van der Waals surface area contributed by atoms with E-state index in [-0.39, 0.29) is 5.60 Å². The van der Waals surface area contributed by atoms with Gasteiger partial charge in [-0.3, -0.25) is 0 Å². The second-order valence-electron chi connectivity index (χ2n) is 4.71. The van der Waals surface area contributed by atoms with Gasteiger partial charge in [0.15, 0.2) is 0 Å². The molecule has 2 aromatic heterocycles. The van der Waals surface area contributed by atoms with Crippen LogP contribution in [0, 0.1) is 0 Å². The number of thiophene rings is 1. The lowest BCUT2D eigenvalue weighted by Gasteiger charge is -2.33. The lowest BCUT2D eigenvalue weighted by atomic mass is 9.90. The number of ether oxygens (including phenoxy) is 1. The van der Waals surface area contributed by atoms with Crippen LogP contribution in [0.25, 0.3) is 10.2 Å². The predicted molar refractivity (Wildman–Crippen MR) is 69.0 cm³/mol. The second kappa shape index (κ2) is 3.65. The topological polar surface area (TPSA) is 61.0 Å². The van der Waals surface area contributed by atoms with Gasteiger partial charge in [0, 0.05) is 11.3 Å². The summed E-state index contributed by atoms with van der Waals surface area (Å²) in [6.07, 6.45) is 3.42. The van der Waals surface area contributed by atoms with Crippen LogP contribution in [0.2, 0.25) is 0 Å². The summed E-state index contributed by atoms with van der Waals surface area (Å²) in [5, 5.41) is 1.04. The molecule has 0 spiro atoms. The van der Waals surface area contributed by atoms with Crippen molar-refractivity contribution in [2.24, 2.45) is 0 Å². The van der Waals surface area contributed by atoms with Gasteiger partial charge in [-0.1, -0.05) is 6.92 Å². The number of hydrogen-bond donors (Lipinski definition) is 1. The van der Waals surface area contributed by atoms with Crippen LogP contribution in [0.1, 0.15) is 30.7 Å². The van der Waals surface area contributed by atoms with Crippen LogP contribution in [0.3, 0.4) is 0 Å². The van der Waals surface area contributed by atoms with E-state index in [1.165, 1.54) is 16.8 Å². The van der Waals surface area contributed by atoms with Crippen molar-refractivity contribution in [1.29, 1.82) is 0 Å². The average Bonchev–Trinajstić information content (AvgIpc) is 2.68.